The van der Waals surface area contributed by atoms with E-state index in [2.05, 4.69) is 216 Å². The monoisotopic (exact) mass is 952 g/mol. The van der Waals surface area contributed by atoms with Gasteiger partial charge in [0, 0.05) is 10.8 Å². The van der Waals surface area contributed by atoms with Gasteiger partial charge in [0.2, 0.25) is 0 Å². The van der Waals surface area contributed by atoms with Crippen molar-refractivity contribution in [2.45, 2.75) is 108 Å². The van der Waals surface area contributed by atoms with Gasteiger partial charge in [0.25, 0.3) is 0 Å². The molecule has 10 aliphatic rings. The minimum atomic E-state index is 0. The number of rotatable bonds is 3. The van der Waals surface area contributed by atoms with E-state index in [-0.39, 0.29) is 62.7 Å². The molecule has 332 valence electrons. The van der Waals surface area contributed by atoms with E-state index >= 15 is 0 Å². The Morgan fingerprint density at radius 3 is 1.56 bits per heavy atom. The van der Waals surface area contributed by atoms with Crippen LogP contribution in [0.3, 0.4) is 0 Å². The number of aryl methyl sites for hydroxylation is 2. The summed E-state index contributed by atoms with van der Waals surface area (Å²) in [7, 11) is 0. The molecule has 6 saturated carbocycles. The maximum absolute atomic E-state index is 3.46. The molecule has 0 N–H and O–H groups in total. The van der Waals surface area contributed by atoms with Crippen LogP contribution in [-0.4, -0.2) is 3.21 Å². The summed E-state index contributed by atoms with van der Waals surface area (Å²) >= 11 is 1.46. The molecule has 6 fully saturated rings. The summed E-state index contributed by atoms with van der Waals surface area (Å²) in [5, 5.41) is 0. The van der Waals surface area contributed by atoms with Crippen LogP contribution in [0, 0.1) is 106 Å². The zero-order chi connectivity index (χ0) is 43.4. The maximum atomic E-state index is 3.46. The smallest absolute Gasteiger partial charge is 1.00 e. The fourth-order valence-corrected chi connectivity index (χ4v) is 17.0. The van der Waals surface area contributed by atoms with Gasteiger partial charge >= 0.3 is 112 Å². The minimum absolute atomic E-state index is 0. The van der Waals surface area contributed by atoms with Crippen molar-refractivity contribution in [3.63, 3.8) is 0 Å². The first-order valence-corrected chi connectivity index (χ1v) is 25.1. The second-order valence-electron chi connectivity index (χ2n) is 22.5. The first-order chi connectivity index (χ1) is 28.9. The van der Waals surface area contributed by atoms with Gasteiger partial charge < -0.3 is 31.2 Å². The average Bonchev–Trinajstić information content (AvgIpc) is 3.74. The fourth-order valence-electron chi connectivity index (χ4n) is 16.1. The van der Waals surface area contributed by atoms with Gasteiger partial charge in [-0.15, -0.1) is 17.4 Å². The Hall–Kier alpha value is -2.31. The molecule has 0 aliphatic heterocycles. The normalized spacial score (nSPS) is 43.3. The van der Waals surface area contributed by atoms with Gasteiger partial charge in [-0.25, -0.2) is 6.08 Å². The molecule has 0 heterocycles. The Morgan fingerprint density at radius 1 is 0.619 bits per heavy atom. The summed E-state index contributed by atoms with van der Waals surface area (Å²) in [6.45, 7) is 26.8. The molecule has 63 heavy (non-hydrogen) atoms. The van der Waals surface area contributed by atoms with E-state index in [1.807, 2.05) is 0 Å². The molecule has 0 nitrogen and oxygen atoms in total. The summed E-state index contributed by atoms with van der Waals surface area (Å²) in [5.74, 6) is 6.23. The summed E-state index contributed by atoms with van der Waals surface area (Å²) in [6.07, 6.45) is 45.2. The molecule has 4 bridgehead atoms. The van der Waals surface area contributed by atoms with E-state index in [1.165, 1.54) is 81.0 Å². The van der Waals surface area contributed by atoms with Crippen molar-refractivity contribution in [1.82, 2.24) is 0 Å². The van der Waals surface area contributed by atoms with Crippen molar-refractivity contribution in [1.29, 1.82) is 0 Å². The van der Waals surface area contributed by atoms with Gasteiger partial charge in [0.1, 0.15) is 0 Å². The van der Waals surface area contributed by atoms with Crippen molar-refractivity contribution in [3.8, 4) is 0 Å². The molecule has 0 aromatic heterocycles. The first kappa shape index (κ1) is 48.6. The molecule has 12 rings (SSSR count). The summed E-state index contributed by atoms with van der Waals surface area (Å²) in [6, 6.07) is 17.5. The summed E-state index contributed by atoms with van der Waals surface area (Å²) in [4.78, 5) is 0. The van der Waals surface area contributed by atoms with E-state index in [9.17, 15) is 0 Å². The maximum Gasteiger partial charge on any atom is -1.00 e. The quantitative estimate of drug-likeness (QED) is 0.270. The van der Waals surface area contributed by atoms with Crippen molar-refractivity contribution in [3.05, 3.63) is 173 Å². The zero-order valence-corrected chi connectivity index (χ0v) is 44.0. The number of allylic oxidation sites excluding steroid dienone is 16. The van der Waals surface area contributed by atoms with Crippen LogP contribution in [0.2, 0.25) is 0 Å². The van der Waals surface area contributed by atoms with E-state index < -0.39 is 0 Å². The third-order valence-corrected chi connectivity index (χ3v) is 21.7. The predicted molar refractivity (Wildman–Crippen MR) is 255 cm³/mol. The first-order valence-electron chi connectivity index (χ1n) is 23.9. The molecule has 0 amide bonds. The average molecular weight is 955 g/mol. The van der Waals surface area contributed by atoms with Crippen LogP contribution in [0.4, 0.5) is 0 Å². The van der Waals surface area contributed by atoms with Gasteiger partial charge in [0.15, 0.2) is 0 Å². The van der Waals surface area contributed by atoms with Crippen LogP contribution in [0.5, 0.6) is 0 Å². The molecule has 3 heteroatoms. The van der Waals surface area contributed by atoms with E-state index in [1.54, 1.807) is 12.0 Å². The molecular formula is C60H72Cl2Zr-2. The van der Waals surface area contributed by atoms with Gasteiger partial charge in [-0.1, -0.05) is 134 Å². The number of hydrogen-bond donors (Lipinski definition) is 0. The molecule has 2 aromatic rings. The van der Waals surface area contributed by atoms with Crippen molar-refractivity contribution in [2.24, 2.45) is 79.3 Å². The Morgan fingerprint density at radius 2 is 1.08 bits per heavy atom. The Bertz CT molecular complexity index is 2260. The van der Waals surface area contributed by atoms with Crippen LogP contribution in [0.1, 0.15) is 117 Å². The molecule has 2 aromatic carbocycles. The molecule has 0 radical (unpaired) electrons. The Labute approximate surface area is 410 Å². The standard InChI is InChI=1S/C29H37.C16H21.C15H14.2ClH.Zr/c1-21-14-13-15-22-20-27(6)25(4)18-10-9-16-23(25,2)24(3)17-11-12-19-26(24,5)29(27,8)28(21,22)7;1-10-2-3-13(4-10)16-14-6-11-5-12(8-14)9-15(16)7-11;1-12-3-7-14(8-4-12)11-15-9-5-13(2)6-10-15;;;/h9-20,22H,1-8H3;3-4,10-12,14-16H,5-9H2,1H3;3-10H,1-2H3;2*1H;/q2*-1;;;;+2/p-2. The van der Waals surface area contributed by atoms with E-state index in [0.717, 1.165) is 29.6 Å². The van der Waals surface area contributed by atoms with Crippen LogP contribution < -0.4 is 24.8 Å². The van der Waals surface area contributed by atoms with Gasteiger partial charge in [-0.05, 0) is 84.4 Å². The van der Waals surface area contributed by atoms with Crippen LogP contribution in [0.25, 0.3) is 0 Å². The second kappa shape index (κ2) is 17.1. The summed E-state index contributed by atoms with van der Waals surface area (Å²) in [5.41, 5.74) is 8.70. The summed E-state index contributed by atoms with van der Waals surface area (Å²) < 4.78 is 1.42. The van der Waals surface area contributed by atoms with Gasteiger partial charge in [0.05, 0.1) is 0 Å². The van der Waals surface area contributed by atoms with E-state index in [0.29, 0.717) is 11.8 Å². The molecule has 10 aliphatic carbocycles. The third-order valence-electron chi connectivity index (χ3n) is 20.3. The molecular weight excluding hydrogens is 883 g/mol. The largest absolute Gasteiger partial charge is 1.00 e. The minimum Gasteiger partial charge on any atom is -1.00 e. The number of fused-ring (bicyclic) bond motifs is 8. The molecule has 0 saturated heterocycles. The van der Waals surface area contributed by atoms with Crippen LogP contribution in [0.15, 0.2) is 139 Å². The Kier molecular flexibility index (Phi) is 13.2. The van der Waals surface area contributed by atoms with Gasteiger partial charge in [-0.2, -0.15) is 11.6 Å². The van der Waals surface area contributed by atoms with Crippen LogP contribution in [-0.2, 0) is 24.2 Å². The predicted octanol–water partition coefficient (Wildman–Crippen LogP) is 9.07. The SMILES string of the molecule is CC1=CC=CC2[CH-]C3(C)C4(C)C=CC=CC4(C)C4(C)C=CC=CC4(C)C3(C)C12C.CC1[C-]=CC(C2C3CC4CC(C3)CC2C4)=C1.Cc1ccc([C](=[Zr+2])c2ccc(C)cc2)cc1.[Cl-].[Cl-]. The molecule has 9 unspecified atom stereocenters. The molecule has 9 atom stereocenters. The molecule has 0 spiro atoms. The topological polar surface area (TPSA) is 0 Å². The van der Waals surface area contributed by atoms with Crippen molar-refractivity contribution in [2.75, 3.05) is 0 Å². The Balaban J connectivity index is 0.000000150. The zero-order valence-electron chi connectivity index (χ0n) is 40.0. The number of hydrogen-bond acceptors (Lipinski definition) is 0. The van der Waals surface area contributed by atoms with Crippen molar-refractivity contribution < 1.29 is 49.0 Å². The van der Waals surface area contributed by atoms with Crippen LogP contribution >= 0.6 is 0 Å². The second-order valence-corrected chi connectivity index (χ2v) is 23.8. The number of benzene rings is 2. The number of halogens is 2. The third kappa shape index (κ3) is 6.82. The van der Waals surface area contributed by atoms with E-state index in [4.69, 9.17) is 0 Å². The fraction of sp³-hybridized carbons (Fsp3) is 0.500. The van der Waals surface area contributed by atoms with Crippen molar-refractivity contribution >= 4 is 3.21 Å². The van der Waals surface area contributed by atoms with Gasteiger partial charge in [-0.3, -0.25) is 6.08 Å².